The van der Waals surface area contributed by atoms with E-state index in [1.165, 1.54) is 11.0 Å². The van der Waals surface area contributed by atoms with E-state index in [2.05, 4.69) is 0 Å². The van der Waals surface area contributed by atoms with Gasteiger partial charge in [-0.25, -0.2) is 9.37 Å². The van der Waals surface area contributed by atoms with Crippen LogP contribution in [0.25, 0.3) is 11.0 Å². The van der Waals surface area contributed by atoms with Gasteiger partial charge >= 0.3 is 0 Å². The van der Waals surface area contributed by atoms with Crippen LogP contribution in [0.3, 0.4) is 0 Å². The molecular weight excluding hydrogens is 469 g/mol. The van der Waals surface area contributed by atoms with Gasteiger partial charge in [0.2, 0.25) is 5.91 Å². The molecule has 1 aliphatic rings. The number of hydrogen-bond acceptors (Lipinski definition) is 4. The number of carbonyl (C=O) groups excluding carboxylic acids is 1. The highest BCUT2D eigenvalue weighted by molar-refractivity contribution is 6.31. The minimum Gasteiger partial charge on any atom is -0.491 e. The Kier molecular flexibility index (Phi) is 6.45. The lowest BCUT2D eigenvalue weighted by atomic mass is 10.1. The zero-order valence-corrected chi connectivity index (χ0v) is 20.0. The first kappa shape index (κ1) is 23.3. The monoisotopic (exact) mass is 493 g/mol. The molecule has 0 aliphatic carbocycles. The molecule has 0 bridgehead atoms. The summed E-state index contributed by atoms with van der Waals surface area (Å²) in [5, 5.41) is 11.5. The number of rotatable bonds is 7. The molecule has 1 saturated heterocycles. The number of aryl methyl sites for hydroxylation is 1. The molecule has 1 aliphatic heterocycles. The Balaban J connectivity index is 1.38. The molecule has 1 amide bonds. The van der Waals surface area contributed by atoms with Crippen LogP contribution in [-0.2, 0) is 11.3 Å². The minimum absolute atomic E-state index is 0.0813. The number of anilines is 1. The number of aliphatic hydroxyl groups excluding tert-OH is 1. The maximum absolute atomic E-state index is 14.4. The van der Waals surface area contributed by atoms with Crippen LogP contribution >= 0.6 is 11.6 Å². The molecule has 2 heterocycles. The lowest BCUT2D eigenvalue weighted by Gasteiger charge is -2.19. The molecule has 4 aromatic rings. The van der Waals surface area contributed by atoms with Crippen molar-refractivity contribution >= 4 is 34.2 Å². The normalized spacial score (nSPS) is 16.7. The molecule has 5 rings (SSSR count). The van der Waals surface area contributed by atoms with Crippen molar-refractivity contribution in [2.75, 3.05) is 18.1 Å². The molecular formula is C27H25ClFN3O3. The lowest BCUT2D eigenvalue weighted by molar-refractivity contribution is -0.117. The Labute approximate surface area is 207 Å². The van der Waals surface area contributed by atoms with Gasteiger partial charge in [-0.1, -0.05) is 35.9 Å². The van der Waals surface area contributed by atoms with E-state index in [1.807, 2.05) is 41.8 Å². The number of para-hydroxylation sites is 3. The van der Waals surface area contributed by atoms with Crippen LogP contribution < -0.4 is 9.64 Å². The van der Waals surface area contributed by atoms with Gasteiger partial charge in [0.25, 0.3) is 0 Å². The molecule has 3 aromatic carbocycles. The van der Waals surface area contributed by atoms with E-state index in [0.29, 0.717) is 23.1 Å². The summed E-state index contributed by atoms with van der Waals surface area (Å²) in [5.41, 5.74) is 2.81. The number of carbonyl (C=O) groups is 1. The van der Waals surface area contributed by atoms with Gasteiger partial charge in [0, 0.05) is 23.9 Å². The summed E-state index contributed by atoms with van der Waals surface area (Å²) in [6, 6.07) is 19.3. The first-order chi connectivity index (χ1) is 16.9. The van der Waals surface area contributed by atoms with Crippen LogP contribution in [0.4, 0.5) is 10.1 Å². The fourth-order valence-corrected chi connectivity index (χ4v) is 4.66. The van der Waals surface area contributed by atoms with Gasteiger partial charge in [-0.2, -0.15) is 0 Å². The molecule has 1 N–H and O–H groups in total. The van der Waals surface area contributed by atoms with Gasteiger partial charge in [0.15, 0.2) is 0 Å². The van der Waals surface area contributed by atoms with Crippen molar-refractivity contribution in [1.29, 1.82) is 0 Å². The predicted octanol–water partition coefficient (Wildman–Crippen LogP) is 5.10. The molecule has 1 fully saturated rings. The second-order valence-electron chi connectivity index (χ2n) is 8.80. The second-order valence-corrected chi connectivity index (χ2v) is 9.21. The van der Waals surface area contributed by atoms with Crippen LogP contribution in [0.1, 0.15) is 23.7 Å². The number of amides is 1. The van der Waals surface area contributed by atoms with Crippen LogP contribution in [0, 0.1) is 12.7 Å². The number of aliphatic hydroxyl groups is 1. The summed E-state index contributed by atoms with van der Waals surface area (Å²) in [7, 11) is 0. The van der Waals surface area contributed by atoms with Crippen molar-refractivity contribution in [2.24, 2.45) is 0 Å². The molecule has 0 radical (unpaired) electrons. The highest BCUT2D eigenvalue weighted by Crippen LogP contribution is 2.34. The summed E-state index contributed by atoms with van der Waals surface area (Å²) in [6.45, 7) is 2.54. The number of nitrogens with zero attached hydrogens (tertiary/aromatic N) is 3. The molecule has 8 heteroatoms. The maximum atomic E-state index is 14.4. The van der Waals surface area contributed by atoms with Gasteiger partial charge in [-0.3, -0.25) is 4.79 Å². The van der Waals surface area contributed by atoms with E-state index in [1.54, 1.807) is 30.3 Å². The van der Waals surface area contributed by atoms with Crippen molar-refractivity contribution in [1.82, 2.24) is 9.55 Å². The summed E-state index contributed by atoms with van der Waals surface area (Å²) in [5.74, 6) is 0.505. The van der Waals surface area contributed by atoms with Gasteiger partial charge in [0.1, 0.15) is 30.1 Å². The van der Waals surface area contributed by atoms with E-state index in [0.717, 1.165) is 16.6 Å². The van der Waals surface area contributed by atoms with E-state index in [9.17, 15) is 14.3 Å². The second kappa shape index (κ2) is 9.68. The smallest absolute Gasteiger partial charge is 0.227 e. The van der Waals surface area contributed by atoms with E-state index in [4.69, 9.17) is 21.3 Å². The maximum Gasteiger partial charge on any atom is 0.227 e. The number of halogens is 2. The van der Waals surface area contributed by atoms with Crippen LogP contribution in [0.5, 0.6) is 5.75 Å². The van der Waals surface area contributed by atoms with E-state index >= 15 is 0 Å². The molecule has 2 atom stereocenters. The van der Waals surface area contributed by atoms with Crippen molar-refractivity contribution in [3.05, 3.63) is 89.0 Å². The highest BCUT2D eigenvalue weighted by atomic mass is 35.5. The Morgan fingerprint density at radius 2 is 1.94 bits per heavy atom. The molecule has 1 aromatic heterocycles. The quantitative estimate of drug-likeness (QED) is 0.389. The molecule has 0 saturated carbocycles. The van der Waals surface area contributed by atoms with Crippen LogP contribution in [0.2, 0.25) is 5.02 Å². The first-order valence-corrected chi connectivity index (χ1v) is 11.9. The number of ether oxygens (including phenoxy) is 1. The molecule has 0 spiro atoms. The van der Waals surface area contributed by atoms with Crippen molar-refractivity contribution in [3.8, 4) is 5.75 Å². The lowest BCUT2D eigenvalue weighted by Crippen LogP contribution is -2.27. The summed E-state index contributed by atoms with van der Waals surface area (Å²) < 4.78 is 22.1. The van der Waals surface area contributed by atoms with Crippen molar-refractivity contribution in [3.63, 3.8) is 0 Å². The van der Waals surface area contributed by atoms with Crippen molar-refractivity contribution < 1.29 is 19.0 Å². The topological polar surface area (TPSA) is 67.6 Å². The third-order valence-corrected chi connectivity index (χ3v) is 6.71. The highest BCUT2D eigenvalue weighted by Gasteiger charge is 2.36. The molecule has 6 nitrogen and oxygen atoms in total. The van der Waals surface area contributed by atoms with Gasteiger partial charge in [-0.05, 0) is 55.0 Å². The number of aromatic nitrogens is 2. The summed E-state index contributed by atoms with van der Waals surface area (Å²) >= 11 is 6.08. The third-order valence-electron chi connectivity index (χ3n) is 6.28. The largest absolute Gasteiger partial charge is 0.491 e. The van der Waals surface area contributed by atoms with Gasteiger partial charge in [0.05, 0.1) is 23.3 Å². The summed E-state index contributed by atoms with van der Waals surface area (Å²) in [6.07, 6.45) is -0.601. The molecule has 0 unspecified atom stereocenters. The average molecular weight is 494 g/mol. The molecule has 180 valence electrons. The number of fused-ring (bicyclic) bond motifs is 1. The van der Waals surface area contributed by atoms with Gasteiger partial charge in [-0.15, -0.1) is 0 Å². The summed E-state index contributed by atoms with van der Waals surface area (Å²) in [4.78, 5) is 19.1. The van der Waals surface area contributed by atoms with E-state index < -0.39 is 11.9 Å². The van der Waals surface area contributed by atoms with Crippen LogP contribution in [0.15, 0.2) is 66.7 Å². The molecule has 35 heavy (non-hydrogen) atoms. The first-order valence-electron chi connectivity index (χ1n) is 11.5. The van der Waals surface area contributed by atoms with Crippen LogP contribution in [-0.4, -0.2) is 39.8 Å². The Morgan fingerprint density at radius 3 is 2.74 bits per heavy atom. The Morgan fingerprint density at radius 1 is 1.17 bits per heavy atom. The Bertz CT molecular complexity index is 1390. The fraction of sp³-hybridized carbons (Fsp3) is 0.259. The fourth-order valence-electron chi connectivity index (χ4n) is 4.54. The number of imidazole rings is 1. The SMILES string of the molecule is Cc1cc(OC[C@@H](O)Cn2c([C@@H]3CC(=O)N(c4ccccc4F)C3)nc3ccccc32)ccc1Cl. The standard InChI is InChI=1S/C27H25ClFN3O3/c1-17-12-20(10-11-21(17)28)35-16-19(33)15-32-25-9-5-3-7-23(25)30-27(32)18-13-26(34)31(14-18)24-8-4-2-6-22(24)29/h2-12,18-19,33H,13-16H2,1H3/t18-,19+/m1/s1. The zero-order valence-electron chi connectivity index (χ0n) is 19.2. The van der Waals surface area contributed by atoms with Gasteiger partial charge < -0.3 is 19.3 Å². The minimum atomic E-state index is -0.817. The number of hydrogen-bond donors (Lipinski definition) is 1. The Hall–Kier alpha value is -3.42. The zero-order chi connectivity index (χ0) is 24.5. The van der Waals surface area contributed by atoms with E-state index in [-0.39, 0.29) is 37.1 Å². The number of benzene rings is 3. The predicted molar refractivity (Wildman–Crippen MR) is 134 cm³/mol. The average Bonchev–Trinajstić information content (AvgIpc) is 3.41. The van der Waals surface area contributed by atoms with Crippen molar-refractivity contribution in [2.45, 2.75) is 31.9 Å². The third kappa shape index (κ3) is 4.74.